The fourth-order valence-electron chi connectivity index (χ4n) is 4.90. The van der Waals surface area contributed by atoms with E-state index in [1.165, 1.54) is 17.0 Å². The number of halogens is 2. The highest BCUT2D eigenvalue weighted by Gasteiger charge is 2.35. The molecule has 2 amide bonds. The number of carbonyl (C=O) groups is 2. The molecule has 0 unspecified atom stereocenters. The van der Waals surface area contributed by atoms with Crippen LogP contribution >= 0.6 is 23.2 Å². The molecule has 0 aliphatic carbocycles. The van der Waals surface area contributed by atoms with Gasteiger partial charge < -0.3 is 10.2 Å². The molecule has 0 saturated heterocycles. The van der Waals surface area contributed by atoms with E-state index in [4.69, 9.17) is 23.2 Å². The number of carbonyl (C=O) groups excluding carboxylic acids is 2. The van der Waals surface area contributed by atoms with Crippen molar-refractivity contribution in [3.8, 4) is 0 Å². The molecule has 1 atom stereocenters. The molecule has 44 heavy (non-hydrogen) atoms. The molecule has 0 aliphatic heterocycles. The van der Waals surface area contributed by atoms with Gasteiger partial charge in [-0.05, 0) is 79.9 Å². The Balaban J connectivity index is 1.82. The molecule has 4 aromatic carbocycles. The predicted octanol–water partition coefficient (Wildman–Crippen LogP) is 6.66. The van der Waals surface area contributed by atoms with Crippen LogP contribution in [-0.2, 0) is 32.6 Å². The molecule has 4 aromatic rings. The molecule has 10 heteroatoms. The molecular weight excluding hydrogens is 617 g/mol. The lowest BCUT2D eigenvalue weighted by Crippen LogP contribution is -2.54. The summed E-state index contributed by atoms with van der Waals surface area (Å²) in [4.78, 5) is 29.7. The predicted molar refractivity (Wildman–Crippen MR) is 176 cm³/mol. The lowest BCUT2D eigenvalue weighted by molar-refractivity contribution is -0.140. The molecule has 0 radical (unpaired) electrons. The van der Waals surface area contributed by atoms with Crippen LogP contribution < -0.4 is 9.62 Å². The lowest BCUT2D eigenvalue weighted by Gasteiger charge is -2.34. The minimum absolute atomic E-state index is 0.0290. The number of rotatable bonds is 12. The van der Waals surface area contributed by atoms with Crippen LogP contribution in [0.5, 0.6) is 0 Å². The average Bonchev–Trinajstić information content (AvgIpc) is 2.98. The number of hydrogen-bond acceptors (Lipinski definition) is 4. The van der Waals surface area contributed by atoms with Crippen molar-refractivity contribution in [2.45, 2.75) is 50.7 Å². The van der Waals surface area contributed by atoms with Gasteiger partial charge >= 0.3 is 0 Å². The average molecular weight is 653 g/mol. The number of benzene rings is 4. The van der Waals surface area contributed by atoms with Crippen molar-refractivity contribution in [2.24, 2.45) is 0 Å². The first kappa shape index (κ1) is 33.1. The summed E-state index contributed by atoms with van der Waals surface area (Å²) in [6, 6.07) is 28.0. The first-order chi connectivity index (χ1) is 21.0. The second-order valence-electron chi connectivity index (χ2n) is 10.8. The van der Waals surface area contributed by atoms with Crippen LogP contribution in [0.25, 0.3) is 0 Å². The van der Waals surface area contributed by atoms with E-state index in [-0.39, 0.29) is 29.8 Å². The SMILES string of the molecule is Cc1cc(Cl)ccc1N(CC(=O)N(Cc1cccc(Cl)c1)[C@H](Cc1ccccc1)C(=O)NC(C)C)S(=O)(=O)c1ccccc1. The van der Waals surface area contributed by atoms with Crippen LogP contribution in [0, 0.1) is 6.92 Å². The number of amides is 2. The Morgan fingerprint density at radius 2 is 1.41 bits per heavy atom. The monoisotopic (exact) mass is 651 g/mol. The van der Waals surface area contributed by atoms with E-state index in [0.717, 1.165) is 9.87 Å². The third-order valence-electron chi connectivity index (χ3n) is 6.98. The Kier molecular flexibility index (Phi) is 11.1. The van der Waals surface area contributed by atoms with Gasteiger partial charge in [-0.3, -0.25) is 13.9 Å². The molecule has 4 rings (SSSR count). The first-order valence-electron chi connectivity index (χ1n) is 14.2. The molecule has 0 aromatic heterocycles. The van der Waals surface area contributed by atoms with E-state index in [9.17, 15) is 18.0 Å². The third-order valence-corrected chi connectivity index (χ3v) is 9.23. The zero-order valence-electron chi connectivity index (χ0n) is 24.8. The van der Waals surface area contributed by atoms with Crippen molar-refractivity contribution in [1.29, 1.82) is 0 Å². The van der Waals surface area contributed by atoms with E-state index in [2.05, 4.69) is 5.32 Å². The largest absolute Gasteiger partial charge is 0.352 e. The zero-order chi connectivity index (χ0) is 31.9. The van der Waals surface area contributed by atoms with E-state index in [1.807, 2.05) is 50.2 Å². The maximum absolute atomic E-state index is 14.5. The summed E-state index contributed by atoms with van der Waals surface area (Å²) >= 11 is 12.5. The number of anilines is 1. The van der Waals surface area contributed by atoms with Crippen molar-refractivity contribution >= 4 is 50.7 Å². The summed E-state index contributed by atoms with van der Waals surface area (Å²) < 4.78 is 29.3. The quantitative estimate of drug-likeness (QED) is 0.186. The minimum Gasteiger partial charge on any atom is -0.352 e. The molecule has 0 fully saturated rings. The molecule has 0 bridgehead atoms. The van der Waals surface area contributed by atoms with Crippen LogP contribution in [0.2, 0.25) is 10.0 Å². The van der Waals surface area contributed by atoms with Gasteiger partial charge in [-0.2, -0.15) is 0 Å². The van der Waals surface area contributed by atoms with E-state index in [1.54, 1.807) is 61.5 Å². The van der Waals surface area contributed by atoms with Gasteiger partial charge in [-0.1, -0.05) is 83.9 Å². The second-order valence-corrected chi connectivity index (χ2v) is 13.5. The van der Waals surface area contributed by atoms with Crippen LogP contribution in [0.3, 0.4) is 0 Å². The van der Waals surface area contributed by atoms with Gasteiger partial charge in [0.05, 0.1) is 10.6 Å². The Labute approximate surface area is 269 Å². The normalized spacial score (nSPS) is 12.0. The van der Waals surface area contributed by atoms with Crippen LogP contribution in [0.4, 0.5) is 5.69 Å². The maximum Gasteiger partial charge on any atom is 0.264 e. The molecular formula is C34H35Cl2N3O4S. The lowest BCUT2D eigenvalue weighted by atomic mass is 10.0. The van der Waals surface area contributed by atoms with E-state index < -0.39 is 28.5 Å². The summed E-state index contributed by atoms with van der Waals surface area (Å²) in [6.45, 7) is 4.90. The first-order valence-corrected chi connectivity index (χ1v) is 16.4. The number of hydrogen-bond donors (Lipinski definition) is 1. The summed E-state index contributed by atoms with van der Waals surface area (Å²) in [7, 11) is -4.20. The van der Waals surface area contributed by atoms with Gasteiger partial charge in [0.2, 0.25) is 11.8 Å². The summed E-state index contributed by atoms with van der Waals surface area (Å²) in [6.07, 6.45) is 0.219. The van der Waals surface area contributed by atoms with Gasteiger partial charge in [0, 0.05) is 29.1 Å². The van der Waals surface area contributed by atoms with Crippen LogP contribution in [0.15, 0.2) is 108 Å². The molecule has 7 nitrogen and oxygen atoms in total. The highest BCUT2D eigenvalue weighted by Crippen LogP contribution is 2.29. The highest BCUT2D eigenvalue weighted by molar-refractivity contribution is 7.92. The summed E-state index contributed by atoms with van der Waals surface area (Å²) in [5.41, 5.74) is 2.43. The summed E-state index contributed by atoms with van der Waals surface area (Å²) in [5, 5.41) is 3.86. The minimum atomic E-state index is -4.20. The summed E-state index contributed by atoms with van der Waals surface area (Å²) in [5.74, 6) is -0.905. The Hall–Kier alpha value is -3.85. The second kappa shape index (κ2) is 14.8. The topological polar surface area (TPSA) is 86.8 Å². The van der Waals surface area contributed by atoms with Gasteiger partial charge in [0.15, 0.2) is 0 Å². The smallest absolute Gasteiger partial charge is 0.264 e. The molecule has 0 saturated carbocycles. The van der Waals surface area contributed by atoms with Crippen molar-refractivity contribution in [3.05, 3.63) is 130 Å². The van der Waals surface area contributed by atoms with Crippen molar-refractivity contribution < 1.29 is 18.0 Å². The van der Waals surface area contributed by atoms with Crippen molar-refractivity contribution in [2.75, 3.05) is 10.8 Å². The molecule has 1 N–H and O–H groups in total. The Morgan fingerprint density at radius 3 is 2.02 bits per heavy atom. The van der Waals surface area contributed by atoms with Gasteiger partial charge in [-0.25, -0.2) is 8.42 Å². The molecule has 0 heterocycles. The molecule has 230 valence electrons. The number of nitrogens with one attached hydrogen (secondary N) is 1. The van der Waals surface area contributed by atoms with Crippen molar-refractivity contribution in [3.63, 3.8) is 0 Å². The maximum atomic E-state index is 14.5. The fraction of sp³-hybridized carbons (Fsp3) is 0.235. The van der Waals surface area contributed by atoms with Crippen molar-refractivity contribution in [1.82, 2.24) is 10.2 Å². The highest BCUT2D eigenvalue weighted by atomic mass is 35.5. The Morgan fingerprint density at radius 1 is 0.795 bits per heavy atom. The van der Waals surface area contributed by atoms with Crippen LogP contribution in [-0.4, -0.2) is 43.8 Å². The zero-order valence-corrected chi connectivity index (χ0v) is 27.1. The number of nitrogens with zero attached hydrogens (tertiary/aromatic N) is 2. The van der Waals surface area contributed by atoms with E-state index in [0.29, 0.717) is 26.9 Å². The molecule has 0 aliphatic rings. The fourth-order valence-corrected chi connectivity index (χ4v) is 6.84. The van der Waals surface area contributed by atoms with Crippen LogP contribution in [0.1, 0.15) is 30.5 Å². The number of sulfonamides is 1. The van der Waals surface area contributed by atoms with Gasteiger partial charge in [-0.15, -0.1) is 0 Å². The Bertz CT molecular complexity index is 1700. The van der Waals surface area contributed by atoms with Gasteiger partial charge in [0.1, 0.15) is 12.6 Å². The number of aryl methyl sites for hydroxylation is 1. The molecule has 0 spiro atoms. The van der Waals surface area contributed by atoms with E-state index >= 15 is 0 Å². The van der Waals surface area contributed by atoms with Gasteiger partial charge in [0.25, 0.3) is 10.0 Å². The third kappa shape index (κ3) is 8.40. The standard InChI is InChI=1S/C34H35Cl2N3O4S/c1-24(2)37-34(41)32(21-26-11-6-4-7-12-26)38(22-27-13-10-14-28(35)20-27)33(40)23-39(31-18-17-29(36)19-25(31)3)44(42,43)30-15-8-5-9-16-30/h4-20,24,32H,21-23H2,1-3H3,(H,37,41)/t32-/m1/s1.